The van der Waals surface area contributed by atoms with Crippen LogP contribution in [0, 0.1) is 6.92 Å². The number of ether oxygens (including phenoxy) is 1. The zero-order chi connectivity index (χ0) is 21.2. The van der Waals surface area contributed by atoms with Gasteiger partial charge in [0.05, 0.1) is 12.2 Å². The lowest BCUT2D eigenvalue weighted by atomic mass is 9.71. The standard InChI is InChI=1S/C26H33NO2/c1-7-19-14-15-26(5,6)24-22(19)16-18(4)17-23(24)27(8-2)21-12-10-20(11-13-21)25(28)29-9-3/h10-14,16-17H,7-9,15H2,1-6H3. The molecule has 1 aliphatic rings. The Kier molecular flexibility index (Phi) is 6.16. The van der Waals surface area contributed by atoms with Gasteiger partial charge in [0.1, 0.15) is 0 Å². The van der Waals surface area contributed by atoms with Crippen LogP contribution in [0.2, 0.25) is 0 Å². The molecule has 0 N–H and O–H groups in total. The van der Waals surface area contributed by atoms with E-state index in [-0.39, 0.29) is 11.4 Å². The van der Waals surface area contributed by atoms with E-state index in [0.717, 1.165) is 25.1 Å². The summed E-state index contributed by atoms with van der Waals surface area (Å²) >= 11 is 0. The van der Waals surface area contributed by atoms with E-state index in [4.69, 9.17) is 4.74 Å². The van der Waals surface area contributed by atoms with Crippen LogP contribution in [0.5, 0.6) is 0 Å². The van der Waals surface area contributed by atoms with E-state index in [2.05, 4.69) is 57.7 Å². The molecule has 0 saturated heterocycles. The number of benzene rings is 2. The first-order valence-corrected chi connectivity index (χ1v) is 10.7. The molecule has 1 aliphatic carbocycles. The molecule has 0 saturated carbocycles. The fraction of sp³-hybridized carbons (Fsp3) is 0.423. The molecule has 3 heteroatoms. The number of carbonyl (C=O) groups excluding carboxylic acids is 1. The molecule has 2 aromatic carbocycles. The number of hydrogen-bond donors (Lipinski definition) is 0. The lowest BCUT2D eigenvalue weighted by Gasteiger charge is -2.38. The van der Waals surface area contributed by atoms with E-state index in [9.17, 15) is 4.79 Å². The highest BCUT2D eigenvalue weighted by molar-refractivity contribution is 5.90. The Balaban J connectivity index is 2.10. The van der Waals surface area contributed by atoms with Gasteiger partial charge in [-0.15, -0.1) is 0 Å². The summed E-state index contributed by atoms with van der Waals surface area (Å²) in [6.07, 6.45) is 4.51. The number of fused-ring (bicyclic) bond motifs is 1. The van der Waals surface area contributed by atoms with Crippen molar-refractivity contribution in [1.82, 2.24) is 0 Å². The smallest absolute Gasteiger partial charge is 0.338 e. The number of esters is 1. The average molecular weight is 392 g/mol. The van der Waals surface area contributed by atoms with Crippen LogP contribution in [-0.4, -0.2) is 19.1 Å². The maximum atomic E-state index is 12.0. The first kappa shape index (κ1) is 21.2. The maximum Gasteiger partial charge on any atom is 0.338 e. The van der Waals surface area contributed by atoms with Crippen LogP contribution < -0.4 is 4.90 Å². The largest absolute Gasteiger partial charge is 0.462 e. The molecule has 0 fully saturated rings. The van der Waals surface area contributed by atoms with E-state index >= 15 is 0 Å². The Bertz CT molecular complexity index is 922. The van der Waals surface area contributed by atoms with Gasteiger partial charge in [-0.1, -0.05) is 32.9 Å². The van der Waals surface area contributed by atoms with Gasteiger partial charge in [0.15, 0.2) is 0 Å². The van der Waals surface area contributed by atoms with Gasteiger partial charge < -0.3 is 9.64 Å². The summed E-state index contributed by atoms with van der Waals surface area (Å²) in [6, 6.07) is 12.4. The quantitative estimate of drug-likeness (QED) is 0.507. The third-order valence-electron chi connectivity index (χ3n) is 5.82. The molecule has 0 spiro atoms. The average Bonchev–Trinajstić information content (AvgIpc) is 2.69. The van der Waals surface area contributed by atoms with Gasteiger partial charge in [0.2, 0.25) is 0 Å². The molecule has 154 valence electrons. The van der Waals surface area contributed by atoms with Crippen LogP contribution >= 0.6 is 0 Å². The van der Waals surface area contributed by atoms with Gasteiger partial charge in [-0.3, -0.25) is 0 Å². The minimum absolute atomic E-state index is 0.0787. The molecular weight excluding hydrogens is 358 g/mol. The van der Waals surface area contributed by atoms with Gasteiger partial charge in [-0.05, 0) is 91.6 Å². The second-order valence-corrected chi connectivity index (χ2v) is 8.39. The summed E-state index contributed by atoms with van der Waals surface area (Å²) in [5.74, 6) is -0.270. The highest BCUT2D eigenvalue weighted by Gasteiger charge is 2.32. The van der Waals surface area contributed by atoms with Gasteiger partial charge in [-0.2, -0.15) is 0 Å². The molecule has 3 nitrogen and oxygen atoms in total. The third-order valence-corrected chi connectivity index (χ3v) is 5.82. The molecule has 0 atom stereocenters. The van der Waals surface area contributed by atoms with Crippen molar-refractivity contribution in [1.29, 1.82) is 0 Å². The monoisotopic (exact) mass is 391 g/mol. The predicted molar refractivity (Wildman–Crippen MR) is 122 cm³/mol. The molecule has 0 aliphatic heterocycles. The first-order valence-electron chi connectivity index (χ1n) is 10.7. The van der Waals surface area contributed by atoms with Crippen LogP contribution in [-0.2, 0) is 10.2 Å². The highest BCUT2D eigenvalue weighted by atomic mass is 16.5. The number of aryl methyl sites for hydroxylation is 1. The van der Waals surface area contributed by atoms with Crippen molar-refractivity contribution in [3.8, 4) is 0 Å². The second kappa shape index (κ2) is 8.44. The van der Waals surface area contributed by atoms with Crippen LogP contribution in [0.15, 0.2) is 42.5 Å². The van der Waals surface area contributed by atoms with Crippen molar-refractivity contribution < 1.29 is 9.53 Å². The van der Waals surface area contributed by atoms with Crippen LogP contribution in [0.1, 0.15) is 74.5 Å². The summed E-state index contributed by atoms with van der Waals surface area (Å²) in [5, 5.41) is 0. The van der Waals surface area contributed by atoms with Gasteiger partial charge >= 0.3 is 5.97 Å². The molecule has 3 rings (SSSR count). The number of allylic oxidation sites excluding steroid dienone is 2. The lowest BCUT2D eigenvalue weighted by molar-refractivity contribution is 0.0526. The summed E-state index contributed by atoms with van der Waals surface area (Å²) < 4.78 is 5.12. The summed E-state index contributed by atoms with van der Waals surface area (Å²) in [5.41, 5.74) is 8.58. The minimum Gasteiger partial charge on any atom is -0.462 e. The molecule has 0 aromatic heterocycles. The molecule has 0 amide bonds. The molecule has 0 unspecified atom stereocenters. The summed E-state index contributed by atoms with van der Waals surface area (Å²) in [6.45, 7) is 14.3. The number of anilines is 2. The van der Waals surface area contributed by atoms with Crippen LogP contribution in [0.25, 0.3) is 5.57 Å². The number of nitrogens with zero attached hydrogens (tertiary/aromatic N) is 1. The Labute approximate surface area is 175 Å². The predicted octanol–water partition coefficient (Wildman–Crippen LogP) is 6.80. The van der Waals surface area contributed by atoms with Gasteiger partial charge in [0, 0.05) is 17.9 Å². The summed E-state index contributed by atoms with van der Waals surface area (Å²) in [7, 11) is 0. The number of hydrogen-bond acceptors (Lipinski definition) is 3. The van der Waals surface area contributed by atoms with Crippen molar-refractivity contribution in [3.63, 3.8) is 0 Å². The SMILES string of the molecule is CCOC(=O)c1ccc(N(CC)c2cc(C)cc3c2C(C)(C)CC=C3CC)cc1. The fourth-order valence-corrected chi connectivity index (χ4v) is 4.35. The van der Waals surface area contributed by atoms with E-state index in [0.29, 0.717) is 12.2 Å². The van der Waals surface area contributed by atoms with Crippen LogP contribution in [0.4, 0.5) is 11.4 Å². The Morgan fingerprint density at radius 1 is 1.10 bits per heavy atom. The lowest BCUT2D eigenvalue weighted by Crippen LogP contribution is -2.27. The molecule has 29 heavy (non-hydrogen) atoms. The topological polar surface area (TPSA) is 29.5 Å². The molecular formula is C26H33NO2. The van der Waals surface area contributed by atoms with E-state index in [1.165, 1.54) is 28.0 Å². The number of rotatable bonds is 6. The second-order valence-electron chi connectivity index (χ2n) is 8.39. The van der Waals surface area contributed by atoms with Crippen molar-refractivity contribution in [2.24, 2.45) is 0 Å². The fourth-order valence-electron chi connectivity index (χ4n) is 4.35. The zero-order valence-corrected chi connectivity index (χ0v) is 18.6. The molecule has 0 bridgehead atoms. The van der Waals surface area contributed by atoms with Crippen molar-refractivity contribution in [2.45, 2.75) is 59.8 Å². The van der Waals surface area contributed by atoms with E-state index < -0.39 is 0 Å². The third kappa shape index (κ3) is 4.10. The van der Waals surface area contributed by atoms with Crippen molar-refractivity contribution in [3.05, 3.63) is 64.7 Å². The Morgan fingerprint density at radius 2 is 1.79 bits per heavy atom. The summed E-state index contributed by atoms with van der Waals surface area (Å²) in [4.78, 5) is 14.4. The number of carbonyl (C=O) groups is 1. The Hall–Kier alpha value is -2.55. The maximum absolute atomic E-state index is 12.0. The molecule has 2 aromatic rings. The van der Waals surface area contributed by atoms with E-state index in [1.807, 2.05) is 31.2 Å². The molecule has 0 heterocycles. The first-order chi connectivity index (χ1) is 13.8. The Morgan fingerprint density at radius 3 is 2.38 bits per heavy atom. The van der Waals surface area contributed by atoms with E-state index in [1.54, 1.807) is 0 Å². The normalized spacial score (nSPS) is 14.8. The minimum atomic E-state index is -0.270. The van der Waals surface area contributed by atoms with Gasteiger partial charge in [0.25, 0.3) is 0 Å². The van der Waals surface area contributed by atoms with Crippen molar-refractivity contribution >= 4 is 22.9 Å². The van der Waals surface area contributed by atoms with Crippen molar-refractivity contribution in [2.75, 3.05) is 18.1 Å². The highest BCUT2D eigenvalue weighted by Crippen LogP contribution is 2.46. The molecule has 0 radical (unpaired) electrons. The van der Waals surface area contributed by atoms with Crippen LogP contribution in [0.3, 0.4) is 0 Å². The van der Waals surface area contributed by atoms with Gasteiger partial charge in [-0.25, -0.2) is 4.79 Å². The zero-order valence-electron chi connectivity index (χ0n) is 18.6.